The smallest absolute Gasteiger partial charge is 0.352 e. The first-order valence-electron chi connectivity index (χ1n) is 9.78. The fraction of sp³-hybridized carbons (Fsp3) is 0.316. The number of nitrogens with zero attached hydrogens (tertiary/aromatic N) is 3. The van der Waals surface area contributed by atoms with E-state index >= 15 is 0 Å². The summed E-state index contributed by atoms with van der Waals surface area (Å²) in [6.07, 6.45) is 1.54. The van der Waals surface area contributed by atoms with Crippen LogP contribution in [0.15, 0.2) is 40.7 Å². The van der Waals surface area contributed by atoms with Gasteiger partial charge in [-0.2, -0.15) is 10.3 Å². The van der Waals surface area contributed by atoms with E-state index in [4.69, 9.17) is 15.2 Å². The number of nitrogens with one attached hydrogen (secondary N) is 2. The Morgan fingerprint density at radius 1 is 1.39 bits per heavy atom. The molecule has 0 saturated carbocycles. The van der Waals surface area contributed by atoms with Crippen molar-refractivity contribution in [1.29, 1.82) is 0 Å². The Kier molecular flexibility index (Phi) is 5.64. The summed E-state index contributed by atoms with van der Waals surface area (Å²) in [7, 11) is 0. The van der Waals surface area contributed by atoms with Crippen molar-refractivity contribution in [2.75, 3.05) is 18.3 Å². The molecular formula is C19H18N6O6S2. The highest BCUT2D eigenvalue weighted by Crippen LogP contribution is 2.41. The number of ether oxygens (including phenoxy) is 2. The van der Waals surface area contributed by atoms with E-state index < -0.39 is 35.2 Å². The zero-order valence-corrected chi connectivity index (χ0v) is 18.5. The molecule has 1 aromatic carbocycles. The van der Waals surface area contributed by atoms with Crippen molar-refractivity contribution in [3.8, 4) is 11.5 Å². The Morgan fingerprint density at radius 3 is 2.97 bits per heavy atom. The number of carboxylic acids is 1. The number of aliphatic carboxylic acids is 1. The number of benzene rings is 1. The summed E-state index contributed by atoms with van der Waals surface area (Å²) in [5.74, 6) is -0.394. The number of aromatic amines is 1. The van der Waals surface area contributed by atoms with E-state index in [1.54, 1.807) is 18.2 Å². The molecule has 0 radical (unpaired) electrons. The Labute approximate surface area is 195 Å². The molecule has 0 aliphatic carbocycles. The van der Waals surface area contributed by atoms with Gasteiger partial charge >= 0.3 is 5.97 Å². The molecule has 0 spiro atoms. The molecule has 14 heteroatoms. The summed E-state index contributed by atoms with van der Waals surface area (Å²) in [4.78, 5) is 38.7. The van der Waals surface area contributed by atoms with Gasteiger partial charge in [-0.05, 0) is 23.3 Å². The standard InChI is InChI=1S/C19H18N6O6S2/c20-13(8-1-2-10-11(3-8)31-7-30-10)16(26)22-14-17(27)25-15(19(28)29)9(6-33-18(14)25)5-32-12-4-21-24-23-12/h1-4,13-14,18H,5-7,20H2,(H,22,26)(H,28,29)(H,21,23,24)/t13-,14?,18?/m1/s1. The van der Waals surface area contributed by atoms with Crippen LogP contribution in [0.3, 0.4) is 0 Å². The van der Waals surface area contributed by atoms with Gasteiger partial charge in [0.05, 0.1) is 6.20 Å². The molecule has 172 valence electrons. The minimum atomic E-state index is -1.19. The van der Waals surface area contributed by atoms with E-state index in [0.29, 0.717) is 39.2 Å². The first-order chi connectivity index (χ1) is 15.9. The highest BCUT2D eigenvalue weighted by Gasteiger charge is 2.54. The van der Waals surface area contributed by atoms with Gasteiger partial charge in [-0.15, -0.1) is 16.9 Å². The first-order valence-corrected chi connectivity index (χ1v) is 11.8. The van der Waals surface area contributed by atoms with Crippen molar-refractivity contribution >= 4 is 41.3 Å². The SMILES string of the molecule is N[C@@H](C(=O)NC1C(=O)N2C(C(=O)O)=C(CSc3cn[nH]n3)CSC12)c1ccc2c(c1)OCO2. The number of thioether (sulfide) groups is 2. The van der Waals surface area contributed by atoms with Crippen molar-refractivity contribution in [3.63, 3.8) is 0 Å². The van der Waals surface area contributed by atoms with Crippen LogP contribution in [0, 0.1) is 0 Å². The van der Waals surface area contributed by atoms with E-state index in [0.717, 1.165) is 0 Å². The zero-order chi connectivity index (χ0) is 23.1. The average molecular weight is 491 g/mol. The molecule has 1 fully saturated rings. The topological polar surface area (TPSA) is 173 Å². The van der Waals surface area contributed by atoms with Gasteiger partial charge in [0.25, 0.3) is 5.91 Å². The molecule has 3 aliphatic heterocycles. The summed E-state index contributed by atoms with van der Waals surface area (Å²) in [5.41, 5.74) is 7.16. The van der Waals surface area contributed by atoms with Gasteiger partial charge < -0.3 is 25.6 Å². The van der Waals surface area contributed by atoms with Crippen LogP contribution >= 0.6 is 23.5 Å². The van der Waals surface area contributed by atoms with Crippen molar-refractivity contribution in [2.45, 2.75) is 22.5 Å². The molecule has 2 amide bonds. The second kappa shape index (κ2) is 8.61. The molecular weight excluding hydrogens is 472 g/mol. The van der Waals surface area contributed by atoms with Crippen LogP contribution in [-0.2, 0) is 14.4 Å². The number of carbonyl (C=O) groups is 3. The van der Waals surface area contributed by atoms with Gasteiger partial charge in [0.1, 0.15) is 28.2 Å². The third kappa shape index (κ3) is 3.89. The quantitative estimate of drug-likeness (QED) is 0.305. The van der Waals surface area contributed by atoms with Crippen LogP contribution in [0.4, 0.5) is 0 Å². The van der Waals surface area contributed by atoms with Crippen molar-refractivity contribution in [3.05, 3.63) is 41.2 Å². The maximum Gasteiger partial charge on any atom is 0.352 e. The normalized spacial score (nSPS) is 22.0. The second-order valence-electron chi connectivity index (χ2n) is 7.34. The molecule has 3 atom stereocenters. The molecule has 12 nitrogen and oxygen atoms in total. The Balaban J connectivity index is 1.27. The first kappa shape index (κ1) is 21.6. The third-order valence-corrected chi connectivity index (χ3v) is 7.70. The zero-order valence-electron chi connectivity index (χ0n) is 16.9. The lowest BCUT2D eigenvalue weighted by atomic mass is 10.0. The van der Waals surface area contributed by atoms with E-state index in [1.165, 1.54) is 34.6 Å². The summed E-state index contributed by atoms with van der Waals surface area (Å²) in [6, 6.07) is 3.06. The van der Waals surface area contributed by atoms with Crippen LogP contribution in [0.5, 0.6) is 11.5 Å². The Morgan fingerprint density at radius 2 is 2.21 bits per heavy atom. The van der Waals surface area contributed by atoms with Crippen LogP contribution in [-0.4, -0.2) is 72.9 Å². The van der Waals surface area contributed by atoms with Gasteiger partial charge in [-0.25, -0.2) is 4.79 Å². The summed E-state index contributed by atoms with van der Waals surface area (Å²) in [5, 5.41) is 22.7. The number of aromatic nitrogens is 3. The number of fused-ring (bicyclic) bond motifs is 2. The van der Waals surface area contributed by atoms with Gasteiger partial charge in [0.2, 0.25) is 12.7 Å². The lowest BCUT2D eigenvalue weighted by Crippen LogP contribution is -2.71. The van der Waals surface area contributed by atoms with Crippen LogP contribution < -0.4 is 20.5 Å². The van der Waals surface area contributed by atoms with Crippen LogP contribution in [0.2, 0.25) is 0 Å². The van der Waals surface area contributed by atoms with E-state index in [-0.39, 0.29) is 12.5 Å². The maximum absolute atomic E-state index is 12.8. The Hall–Kier alpha value is -3.23. The number of hydrogen-bond acceptors (Lipinski definition) is 10. The molecule has 2 unspecified atom stereocenters. The highest BCUT2D eigenvalue weighted by molar-refractivity contribution is 8.01. The molecule has 1 saturated heterocycles. The molecule has 33 heavy (non-hydrogen) atoms. The molecule has 0 bridgehead atoms. The second-order valence-corrected chi connectivity index (χ2v) is 9.44. The van der Waals surface area contributed by atoms with Gasteiger partial charge in [-0.1, -0.05) is 17.8 Å². The number of nitrogens with two attached hydrogens (primary N) is 1. The highest BCUT2D eigenvalue weighted by atomic mass is 32.2. The van der Waals surface area contributed by atoms with Crippen molar-refractivity contribution < 1.29 is 29.0 Å². The van der Waals surface area contributed by atoms with Crippen LogP contribution in [0.25, 0.3) is 0 Å². The molecule has 5 N–H and O–H groups in total. The minimum absolute atomic E-state index is 0.0506. The number of H-pyrrole nitrogens is 1. The molecule has 3 aliphatic rings. The lowest BCUT2D eigenvalue weighted by molar-refractivity contribution is -0.150. The number of β-lactam (4-membered cyclic amide) rings is 1. The molecule has 4 heterocycles. The van der Waals surface area contributed by atoms with E-state index in [1.807, 2.05) is 0 Å². The Bertz CT molecular complexity index is 1160. The number of carboxylic acid groups (broad SMARTS) is 1. The summed E-state index contributed by atoms with van der Waals surface area (Å²) in [6.45, 7) is 0.101. The number of carbonyl (C=O) groups excluding carboxylic acids is 2. The molecule has 2 aromatic rings. The molecule has 5 rings (SSSR count). The third-order valence-electron chi connectivity index (χ3n) is 5.37. The maximum atomic E-state index is 12.8. The summed E-state index contributed by atoms with van der Waals surface area (Å²) >= 11 is 2.71. The van der Waals surface area contributed by atoms with E-state index in [2.05, 4.69) is 20.7 Å². The fourth-order valence-electron chi connectivity index (χ4n) is 3.72. The van der Waals surface area contributed by atoms with Crippen molar-refractivity contribution in [1.82, 2.24) is 25.6 Å². The predicted molar refractivity (Wildman–Crippen MR) is 116 cm³/mol. The van der Waals surface area contributed by atoms with E-state index in [9.17, 15) is 19.5 Å². The minimum Gasteiger partial charge on any atom is -0.477 e. The summed E-state index contributed by atoms with van der Waals surface area (Å²) < 4.78 is 10.6. The number of amides is 2. The average Bonchev–Trinajstić information content (AvgIpc) is 3.51. The van der Waals surface area contributed by atoms with Gasteiger partial charge in [0, 0.05) is 11.5 Å². The largest absolute Gasteiger partial charge is 0.477 e. The van der Waals surface area contributed by atoms with Crippen LogP contribution in [0.1, 0.15) is 11.6 Å². The monoisotopic (exact) mass is 490 g/mol. The van der Waals surface area contributed by atoms with Gasteiger partial charge in [0.15, 0.2) is 11.5 Å². The number of rotatable bonds is 7. The predicted octanol–water partition coefficient (Wildman–Crippen LogP) is 0.0641. The van der Waals surface area contributed by atoms with Gasteiger partial charge in [-0.3, -0.25) is 14.5 Å². The molecule has 1 aromatic heterocycles. The fourth-order valence-corrected chi connectivity index (χ4v) is 5.99. The van der Waals surface area contributed by atoms with Crippen molar-refractivity contribution in [2.24, 2.45) is 5.73 Å². The lowest BCUT2D eigenvalue weighted by Gasteiger charge is -2.49. The number of hydrogen-bond donors (Lipinski definition) is 4.